The molecule has 6 atom stereocenters. The van der Waals surface area contributed by atoms with Crippen LogP contribution in [0.5, 0.6) is 0 Å². The summed E-state index contributed by atoms with van der Waals surface area (Å²) in [7, 11) is 0. The van der Waals surface area contributed by atoms with Crippen molar-refractivity contribution in [3.05, 3.63) is 47.8 Å². The quantitative estimate of drug-likeness (QED) is 0.274. The lowest BCUT2D eigenvalue weighted by Crippen LogP contribution is -2.50. The number of hydrogen-bond donors (Lipinski definition) is 1. The van der Waals surface area contributed by atoms with Crippen LogP contribution in [-0.2, 0) is 19.1 Å². The highest BCUT2D eigenvalue weighted by atomic mass is 16.6. The molecule has 1 heterocycles. The van der Waals surface area contributed by atoms with Gasteiger partial charge in [-0.2, -0.15) is 0 Å². The minimum absolute atomic E-state index is 0.139. The average molecular weight is 606 g/mol. The zero-order valence-electron chi connectivity index (χ0n) is 27.7. The molecule has 1 N–H and O–H groups in total. The second-order valence-corrected chi connectivity index (χ2v) is 15.1. The summed E-state index contributed by atoms with van der Waals surface area (Å²) in [4.78, 5) is 43.7. The average Bonchev–Trinajstić information content (AvgIpc) is 3.31. The third-order valence-electron chi connectivity index (χ3n) is 10.9. The molecular formula is C36H51N3O5. The van der Waals surface area contributed by atoms with E-state index in [2.05, 4.69) is 42.4 Å². The fourth-order valence-corrected chi connectivity index (χ4v) is 8.65. The number of esters is 1. The van der Waals surface area contributed by atoms with Crippen molar-refractivity contribution in [2.75, 3.05) is 13.1 Å². The number of allylic oxidation sites excluding steroid dienone is 3. The summed E-state index contributed by atoms with van der Waals surface area (Å²) < 4.78 is 11.3. The van der Waals surface area contributed by atoms with E-state index >= 15 is 0 Å². The van der Waals surface area contributed by atoms with E-state index < -0.39 is 23.6 Å². The summed E-state index contributed by atoms with van der Waals surface area (Å²) in [5, 5.41) is 2.63. The van der Waals surface area contributed by atoms with Crippen molar-refractivity contribution < 1.29 is 23.9 Å². The molecule has 8 heteroatoms. The number of carbonyl (C=O) groups excluding carboxylic acids is 3. The molecule has 4 aliphatic carbocycles. The molecule has 5 rings (SSSR count). The molecule has 1 aromatic rings. The first kappa shape index (κ1) is 32.2. The number of amides is 2. The highest BCUT2D eigenvalue weighted by molar-refractivity contribution is 5.85. The summed E-state index contributed by atoms with van der Waals surface area (Å²) in [6, 6.07) is 4.02. The molecule has 2 amide bonds. The summed E-state index contributed by atoms with van der Waals surface area (Å²) in [5.41, 5.74) is 3.87. The lowest BCUT2D eigenvalue weighted by Gasteiger charge is -2.57. The first-order valence-electron chi connectivity index (χ1n) is 16.5. The fourth-order valence-electron chi connectivity index (χ4n) is 8.65. The van der Waals surface area contributed by atoms with Crippen molar-refractivity contribution in [2.45, 2.75) is 111 Å². The van der Waals surface area contributed by atoms with Gasteiger partial charge in [-0.1, -0.05) is 37.6 Å². The first-order valence-corrected chi connectivity index (χ1v) is 16.5. The van der Waals surface area contributed by atoms with Gasteiger partial charge in [0.2, 0.25) is 5.91 Å². The van der Waals surface area contributed by atoms with Crippen LogP contribution in [0.1, 0.15) is 99.0 Å². The molecule has 0 spiro atoms. The predicted octanol–water partition coefficient (Wildman–Crippen LogP) is 6.71. The maximum atomic E-state index is 12.8. The Morgan fingerprint density at radius 3 is 2.50 bits per heavy atom. The zero-order chi connectivity index (χ0) is 31.9. The highest BCUT2D eigenvalue weighted by Crippen LogP contribution is 2.66. The van der Waals surface area contributed by atoms with Crippen LogP contribution in [0.3, 0.4) is 0 Å². The van der Waals surface area contributed by atoms with E-state index in [0.717, 1.165) is 32.1 Å². The number of ether oxygens (including phenoxy) is 2. The fraction of sp³-hybridized carbons (Fsp3) is 0.667. The van der Waals surface area contributed by atoms with E-state index in [9.17, 15) is 14.4 Å². The SMILES string of the molecule is CC(C)N(CC(=O)NCC(=O)OC1CCC2(C)C(=CCC3C2CCC2(C)C(c4cccnc4)=CCC32)C1)C(=O)OC(C)(C)C. The van der Waals surface area contributed by atoms with Crippen LogP contribution < -0.4 is 5.32 Å². The van der Waals surface area contributed by atoms with Crippen LogP contribution in [0.4, 0.5) is 4.79 Å². The highest BCUT2D eigenvalue weighted by Gasteiger charge is 2.57. The van der Waals surface area contributed by atoms with E-state index in [1.807, 2.05) is 32.3 Å². The van der Waals surface area contributed by atoms with Gasteiger partial charge in [0.1, 0.15) is 24.8 Å². The van der Waals surface area contributed by atoms with E-state index in [0.29, 0.717) is 17.8 Å². The summed E-state index contributed by atoms with van der Waals surface area (Å²) in [6.45, 7) is 13.5. The molecule has 240 valence electrons. The number of fused-ring (bicyclic) bond motifs is 5. The van der Waals surface area contributed by atoms with Gasteiger partial charge in [-0.25, -0.2) is 4.79 Å². The standard InChI is InChI=1S/C36H51N3O5/c1-23(2)39(33(42)44-34(3,4)5)22-31(40)38-21-32(41)43-26-14-16-35(6)25(19-26)10-11-27-29-13-12-28(24-9-8-18-37-20-24)36(29,7)17-15-30(27)35/h8-10,12,18,20,23,26-27,29-30H,11,13-17,19,21-22H2,1-7H3,(H,38,40). The molecule has 0 aliphatic heterocycles. The molecule has 0 radical (unpaired) electrons. The summed E-state index contributed by atoms with van der Waals surface area (Å²) >= 11 is 0. The van der Waals surface area contributed by atoms with Gasteiger partial charge in [-0.15, -0.1) is 0 Å². The number of pyridine rings is 1. The van der Waals surface area contributed by atoms with E-state index in [4.69, 9.17) is 9.47 Å². The van der Waals surface area contributed by atoms with Crippen LogP contribution in [0.2, 0.25) is 0 Å². The van der Waals surface area contributed by atoms with Crippen LogP contribution in [-0.4, -0.2) is 58.7 Å². The molecule has 0 bridgehead atoms. The van der Waals surface area contributed by atoms with Gasteiger partial charge in [-0.3, -0.25) is 19.5 Å². The number of rotatable bonds is 7. The van der Waals surface area contributed by atoms with Crippen LogP contribution in [0.15, 0.2) is 42.3 Å². The van der Waals surface area contributed by atoms with Gasteiger partial charge >= 0.3 is 12.1 Å². The Hall–Kier alpha value is -3.16. The normalized spacial score (nSPS) is 31.1. The lowest BCUT2D eigenvalue weighted by molar-refractivity contribution is -0.151. The van der Waals surface area contributed by atoms with Gasteiger partial charge in [0.25, 0.3) is 0 Å². The van der Waals surface area contributed by atoms with E-state index in [1.54, 1.807) is 20.8 Å². The summed E-state index contributed by atoms with van der Waals surface area (Å²) in [6.07, 6.45) is 15.3. The summed E-state index contributed by atoms with van der Waals surface area (Å²) in [5.74, 6) is 1.09. The number of nitrogens with zero attached hydrogens (tertiary/aromatic N) is 2. The topological polar surface area (TPSA) is 97.8 Å². The van der Waals surface area contributed by atoms with Crippen molar-refractivity contribution >= 4 is 23.5 Å². The molecule has 6 unspecified atom stereocenters. The van der Waals surface area contributed by atoms with Crippen LogP contribution in [0, 0.1) is 28.6 Å². The number of carbonyl (C=O) groups is 3. The lowest BCUT2D eigenvalue weighted by atomic mass is 9.47. The molecule has 8 nitrogen and oxygen atoms in total. The molecule has 2 fully saturated rings. The molecular weight excluding hydrogens is 554 g/mol. The maximum Gasteiger partial charge on any atom is 0.410 e. The van der Waals surface area contributed by atoms with Crippen molar-refractivity contribution in [1.29, 1.82) is 0 Å². The molecule has 0 aromatic carbocycles. The Labute approximate surface area is 263 Å². The van der Waals surface area contributed by atoms with Crippen molar-refractivity contribution in [1.82, 2.24) is 15.2 Å². The van der Waals surface area contributed by atoms with E-state index in [-0.39, 0.29) is 36.1 Å². The molecule has 1 aromatic heterocycles. The monoisotopic (exact) mass is 605 g/mol. The number of hydrogen-bond acceptors (Lipinski definition) is 6. The predicted molar refractivity (Wildman–Crippen MR) is 170 cm³/mol. The third kappa shape index (κ3) is 6.45. The van der Waals surface area contributed by atoms with Gasteiger partial charge in [-0.05, 0) is 119 Å². The van der Waals surface area contributed by atoms with Gasteiger partial charge in [0.15, 0.2) is 0 Å². The van der Waals surface area contributed by atoms with Gasteiger partial charge in [0, 0.05) is 24.9 Å². The number of aromatic nitrogens is 1. The van der Waals surface area contributed by atoms with Gasteiger partial charge < -0.3 is 14.8 Å². The minimum Gasteiger partial charge on any atom is -0.461 e. The second kappa shape index (κ2) is 12.3. The van der Waals surface area contributed by atoms with E-state index in [1.165, 1.54) is 34.5 Å². The Bertz CT molecular complexity index is 1310. The Balaban J connectivity index is 1.15. The number of nitrogens with one attached hydrogen (secondary N) is 1. The smallest absolute Gasteiger partial charge is 0.410 e. The van der Waals surface area contributed by atoms with Crippen LogP contribution in [0.25, 0.3) is 5.57 Å². The Morgan fingerprint density at radius 2 is 1.82 bits per heavy atom. The molecule has 2 saturated carbocycles. The minimum atomic E-state index is -0.662. The second-order valence-electron chi connectivity index (χ2n) is 15.1. The largest absolute Gasteiger partial charge is 0.461 e. The molecule has 44 heavy (non-hydrogen) atoms. The van der Waals surface area contributed by atoms with Gasteiger partial charge in [0.05, 0.1) is 0 Å². The molecule has 4 aliphatic rings. The Kier molecular flexibility index (Phi) is 9.03. The Morgan fingerprint density at radius 1 is 1.07 bits per heavy atom. The van der Waals surface area contributed by atoms with Crippen molar-refractivity contribution in [3.63, 3.8) is 0 Å². The third-order valence-corrected chi connectivity index (χ3v) is 10.9. The first-order chi connectivity index (χ1) is 20.7. The van der Waals surface area contributed by atoms with Crippen molar-refractivity contribution in [3.8, 4) is 0 Å². The van der Waals surface area contributed by atoms with Crippen molar-refractivity contribution in [2.24, 2.45) is 28.6 Å². The van der Waals surface area contributed by atoms with Crippen LogP contribution >= 0.6 is 0 Å². The molecule has 0 saturated heterocycles. The maximum absolute atomic E-state index is 12.8. The zero-order valence-corrected chi connectivity index (χ0v) is 27.7.